The Bertz CT molecular complexity index is 517. The Hall–Kier alpha value is -1.82. The van der Waals surface area contributed by atoms with Crippen LogP contribution in [0.25, 0.3) is 5.69 Å². The average molecular weight is 241 g/mol. The standard InChI is InChI=1S/C11H10F3N3/c12-11(13,14)10-5-6-16-17(10)9-4-2-1-3-8(9)7-15/h1-6H,7,15H2. The summed E-state index contributed by atoms with van der Waals surface area (Å²) in [6, 6.07) is 7.55. The van der Waals surface area contributed by atoms with Crippen LogP contribution in [0, 0.1) is 0 Å². The van der Waals surface area contributed by atoms with Crippen molar-refractivity contribution in [2.75, 3.05) is 0 Å². The summed E-state index contributed by atoms with van der Waals surface area (Å²) in [7, 11) is 0. The Morgan fingerprint density at radius 1 is 1.18 bits per heavy atom. The lowest BCUT2D eigenvalue weighted by atomic mass is 10.2. The van der Waals surface area contributed by atoms with Crippen LogP contribution in [0.4, 0.5) is 13.2 Å². The normalized spacial score (nSPS) is 11.8. The molecule has 1 aromatic carbocycles. The summed E-state index contributed by atoms with van der Waals surface area (Å²) in [6.07, 6.45) is -3.31. The first-order chi connectivity index (χ1) is 8.04. The minimum absolute atomic E-state index is 0.160. The fourth-order valence-corrected chi connectivity index (χ4v) is 1.60. The molecule has 2 N–H and O–H groups in total. The van der Waals surface area contributed by atoms with Gasteiger partial charge in [-0.3, -0.25) is 0 Å². The van der Waals surface area contributed by atoms with Crippen molar-refractivity contribution in [3.8, 4) is 5.69 Å². The Labute approximate surface area is 95.7 Å². The highest BCUT2D eigenvalue weighted by Gasteiger charge is 2.35. The van der Waals surface area contributed by atoms with Crippen LogP contribution in [0.1, 0.15) is 11.3 Å². The van der Waals surface area contributed by atoms with Gasteiger partial charge in [0.1, 0.15) is 5.69 Å². The van der Waals surface area contributed by atoms with E-state index in [-0.39, 0.29) is 6.54 Å². The minimum atomic E-state index is -4.43. The maximum atomic E-state index is 12.7. The lowest BCUT2D eigenvalue weighted by molar-refractivity contribution is -0.142. The van der Waals surface area contributed by atoms with Crippen molar-refractivity contribution in [3.63, 3.8) is 0 Å². The maximum absolute atomic E-state index is 12.7. The number of nitrogens with two attached hydrogens (primary N) is 1. The van der Waals surface area contributed by atoms with Gasteiger partial charge in [0.15, 0.2) is 0 Å². The monoisotopic (exact) mass is 241 g/mol. The molecule has 0 unspecified atom stereocenters. The first kappa shape index (κ1) is 11.7. The van der Waals surface area contributed by atoms with Crippen LogP contribution in [0.2, 0.25) is 0 Å². The van der Waals surface area contributed by atoms with Crippen LogP contribution in [-0.2, 0) is 12.7 Å². The Morgan fingerprint density at radius 2 is 1.88 bits per heavy atom. The largest absolute Gasteiger partial charge is 0.433 e. The van der Waals surface area contributed by atoms with Crippen molar-refractivity contribution in [3.05, 3.63) is 47.8 Å². The van der Waals surface area contributed by atoms with Crippen LogP contribution < -0.4 is 5.73 Å². The molecule has 0 fully saturated rings. The SMILES string of the molecule is NCc1ccccc1-n1nccc1C(F)(F)F. The molecular weight excluding hydrogens is 231 g/mol. The number of hydrogen-bond donors (Lipinski definition) is 1. The Balaban J connectivity index is 2.58. The first-order valence-corrected chi connectivity index (χ1v) is 4.93. The van der Waals surface area contributed by atoms with Crippen molar-refractivity contribution in [1.29, 1.82) is 0 Å². The van der Waals surface area contributed by atoms with Gasteiger partial charge in [-0.25, -0.2) is 4.68 Å². The van der Waals surface area contributed by atoms with E-state index >= 15 is 0 Å². The summed E-state index contributed by atoms with van der Waals surface area (Å²) < 4.78 is 39.0. The summed E-state index contributed by atoms with van der Waals surface area (Å²) in [5.41, 5.74) is 5.65. The van der Waals surface area contributed by atoms with Gasteiger partial charge < -0.3 is 5.73 Å². The molecule has 0 amide bonds. The maximum Gasteiger partial charge on any atom is 0.433 e. The molecule has 90 valence electrons. The number of hydrogen-bond acceptors (Lipinski definition) is 2. The van der Waals surface area contributed by atoms with Gasteiger partial charge in [-0.1, -0.05) is 18.2 Å². The summed E-state index contributed by atoms with van der Waals surface area (Å²) >= 11 is 0. The number of rotatable bonds is 2. The molecule has 1 aromatic heterocycles. The van der Waals surface area contributed by atoms with E-state index in [0.29, 0.717) is 11.3 Å². The number of para-hydroxylation sites is 1. The number of halogens is 3. The second-order valence-electron chi connectivity index (χ2n) is 3.46. The van der Waals surface area contributed by atoms with E-state index < -0.39 is 11.9 Å². The zero-order valence-electron chi connectivity index (χ0n) is 8.78. The molecule has 6 heteroatoms. The average Bonchev–Trinajstić information content (AvgIpc) is 2.77. The van der Waals surface area contributed by atoms with Crippen LogP contribution >= 0.6 is 0 Å². The number of nitrogens with zero attached hydrogens (tertiary/aromatic N) is 2. The highest BCUT2D eigenvalue weighted by molar-refractivity contribution is 5.41. The van der Waals surface area contributed by atoms with Crippen molar-refractivity contribution < 1.29 is 13.2 Å². The zero-order chi connectivity index (χ0) is 12.5. The highest BCUT2D eigenvalue weighted by atomic mass is 19.4. The third kappa shape index (κ3) is 2.16. The molecule has 0 radical (unpaired) electrons. The number of benzene rings is 1. The predicted octanol–water partition coefficient (Wildman–Crippen LogP) is 2.35. The number of aromatic nitrogens is 2. The van der Waals surface area contributed by atoms with Crippen LogP contribution in [0.5, 0.6) is 0 Å². The van der Waals surface area contributed by atoms with Gasteiger partial charge in [-0.15, -0.1) is 0 Å². The van der Waals surface area contributed by atoms with E-state index in [1.165, 1.54) is 0 Å². The number of alkyl halides is 3. The van der Waals surface area contributed by atoms with Crippen molar-refractivity contribution in [2.45, 2.75) is 12.7 Å². The third-order valence-corrected chi connectivity index (χ3v) is 2.37. The molecule has 0 bridgehead atoms. The molecule has 0 saturated carbocycles. The van der Waals surface area contributed by atoms with E-state index in [1.807, 2.05) is 0 Å². The van der Waals surface area contributed by atoms with Gasteiger partial charge in [0.2, 0.25) is 0 Å². The van der Waals surface area contributed by atoms with Crippen LogP contribution in [-0.4, -0.2) is 9.78 Å². The molecule has 1 heterocycles. The molecule has 0 aliphatic carbocycles. The minimum Gasteiger partial charge on any atom is -0.326 e. The van der Waals surface area contributed by atoms with Crippen LogP contribution in [0.3, 0.4) is 0 Å². The topological polar surface area (TPSA) is 43.8 Å². The van der Waals surface area contributed by atoms with Gasteiger partial charge in [0.05, 0.1) is 11.9 Å². The zero-order valence-corrected chi connectivity index (χ0v) is 8.78. The molecule has 17 heavy (non-hydrogen) atoms. The van der Waals surface area contributed by atoms with E-state index in [1.54, 1.807) is 24.3 Å². The molecule has 2 aromatic rings. The lowest BCUT2D eigenvalue weighted by Crippen LogP contribution is -2.15. The first-order valence-electron chi connectivity index (χ1n) is 4.93. The summed E-state index contributed by atoms with van der Waals surface area (Å²) in [5.74, 6) is 0. The molecule has 0 saturated heterocycles. The second-order valence-corrected chi connectivity index (χ2v) is 3.46. The predicted molar refractivity (Wildman–Crippen MR) is 56.5 cm³/mol. The second kappa shape index (κ2) is 4.21. The highest BCUT2D eigenvalue weighted by Crippen LogP contribution is 2.31. The Kier molecular flexibility index (Phi) is 2.89. The Morgan fingerprint density at radius 3 is 2.53 bits per heavy atom. The quantitative estimate of drug-likeness (QED) is 0.877. The van der Waals surface area contributed by atoms with E-state index in [0.717, 1.165) is 16.9 Å². The van der Waals surface area contributed by atoms with Gasteiger partial charge in [0.25, 0.3) is 0 Å². The van der Waals surface area contributed by atoms with Crippen molar-refractivity contribution in [2.24, 2.45) is 5.73 Å². The summed E-state index contributed by atoms with van der Waals surface area (Å²) in [6.45, 7) is 0.160. The molecule has 2 rings (SSSR count). The summed E-state index contributed by atoms with van der Waals surface area (Å²) in [5, 5.41) is 3.70. The van der Waals surface area contributed by atoms with Gasteiger partial charge >= 0.3 is 6.18 Å². The third-order valence-electron chi connectivity index (χ3n) is 2.37. The smallest absolute Gasteiger partial charge is 0.326 e. The van der Waals surface area contributed by atoms with Crippen molar-refractivity contribution >= 4 is 0 Å². The van der Waals surface area contributed by atoms with Gasteiger partial charge in [-0.2, -0.15) is 18.3 Å². The fraction of sp³-hybridized carbons (Fsp3) is 0.182. The van der Waals surface area contributed by atoms with E-state index in [2.05, 4.69) is 5.10 Å². The fourth-order valence-electron chi connectivity index (χ4n) is 1.60. The van der Waals surface area contributed by atoms with Crippen molar-refractivity contribution in [1.82, 2.24) is 9.78 Å². The molecular formula is C11H10F3N3. The van der Waals surface area contributed by atoms with Crippen LogP contribution in [0.15, 0.2) is 36.5 Å². The molecule has 3 nitrogen and oxygen atoms in total. The molecule has 0 spiro atoms. The molecule has 0 atom stereocenters. The van der Waals surface area contributed by atoms with Gasteiger partial charge in [-0.05, 0) is 17.7 Å². The molecule has 0 aliphatic heterocycles. The summed E-state index contributed by atoms with van der Waals surface area (Å²) in [4.78, 5) is 0. The lowest BCUT2D eigenvalue weighted by Gasteiger charge is -2.13. The van der Waals surface area contributed by atoms with E-state index in [9.17, 15) is 13.2 Å². The molecule has 0 aliphatic rings. The van der Waals surface area contributed by atoms with Gasteiger partial charge in [0, 0.05) is 6.54 Å². The van der Waals surface area contributed by atoms with E-state index in [4.69, 9.17) is 5.73 Å².